The number of carbonyl (C=O) groups excluding carboxylic acids is 1. The third kappa shape index (κ3) is 2.45. The van der Waals surface area contributed by atoms with Crippen LogP contribution in [0.5, 0.6) is 0 Å². The molecule has 0 aliphatic carbocycles. The van der Waals surface area contributed by atoms with Gasteiger partial charge in [0.15, 0.2) is 5.82 Å². The average Bonchev–Trinajstić information content (AvgIpc) is 2.35. The number of rotatable bonds is 2. The second kappa shape index (κ2) is 4.83. The van der Waals surface area contributed by atoms with Crippen LogP contribution in [-0.4, -0.2) is 10.9 Å². The molecular formula is C13H12FN3O. The van der Waals surface area contributed by atoms with Gasteiger partial charge in [-0.2, -0.15) is 0 Å². The van der Waals surface area contributed by atoms with E-state index in [2.05, 4.69) is 10.3 Å². The average molecular weight is 245 g/mol. The normalized spacial score (nSPS) is 10.1. The lowest BCUT2D eigenvalue weighted by atomic mass is 10.1. The first kappa shape index (κ1) is 12.0. The first-order valence-electron chi connectivity index (χ1n) is 5.35. The number of nitrogen functional groups attached to an aromatic ring is 1. The number of amides is 1. The molecule has 0 radical (unpaired) electrons. The van der Waals surface area contributed by atoms with Gasteiger partial charge < -0.3 is 11.1 Å². The number of nitrogens with zero attached hydrogens (tertiary/aromatic N) is 1. The Labute approximate surface area is 104 Å². The summed E-state index contributed by atoms with van der Waals surface area (Å²) in [6.45, 7) is 1.79. The van der Waals surface area contributed by atoms with Crippen molar-refractivity contribution in [1.82, 2.24) is 4.98 Å². The molecule has 0 atom stereocenters. The molecule has 1 aromatic carbocycles. The van der Waals surface area contributed by atoms with E-state index in [1.54, 1.807) is 25.1 Å². The number of aryl methyl sites for hydroxylation is 1. The number of halogens is 1. The van der Waals surface area contributed by atoms with E-state index in [0.717, 1.165) is 11.8 Å². The van der Waals surface area contributed by atoms with Crippen molar-refractivity contribution in [2.24, 2.45) is 0 Å². The number of anilines is 2. The van der Waals surface area contributed by atoms with Gasteiger partial charge in [-0.1, -0.05) is 6.07 Å². The number of benzene rings is 1. The zero-order valence-electron chi connectivity index (χ0n) is 9.77. The summed E-state index contributed by atoms with van der Waals surface area (Å²) in [6, 6.07) is 6.41. The first-order valence-corrected chi connectivity index (χ1v) is 5.35. The van der Waals surface area contributed by atoms with Crippen LogP contribution in [0.15, 0.2) is 36.7 Å². The summed E-state index contributed by atoms with van der Waals surface area (Å²) < 4.78 is 13.3. The zero-order valence-corrected chi connectivity index (χ0v) is 9.77. The van der Waals surface area contributed by atoms with E-state index in [4.69, 9.17) is 5.73 Å². The van der Waals surface area contributed by atoms with Crippen LogP contribution in [0, 0.1) is 12.7 Å². The Morgan fingerprint density at radius 3 is 2.89 bits per heavy atom. The van der Waals surface area contributed by atoms with E-state index in [1.165, 1.54) is 12.3 Å². The van der Waals surface area contributed by atoms with Gasteiger partial charge in [-0.05, 0) is 30.7 Å². The third-order valence-corrected chi connectivity index (χ3v) is 2.53. The van der Waals surface area contributed by atoms with Crippen LogP contribution < -0.4 is 11.1 Å². The third-order valence-electron chi connectivity index (χ3n) is 2.53. The molecule has 0 fully saturated rings. The second-order valence-corrected chi connectivity index (χ2v) is 3.88. The van der Waals surface area contributed by atoms with E-state index in [9.17, 15) is 9.18 Å². The maximum atomic E-state index is 13.3. The zero-order chi connectivity index (χ0) is 13.1. The van der Waals surface area contributed by atoms with Crippen molar-refractivity contribution in [2.45, 2.75) is 6.92 Å². The summed E-state index contributed by atoms with van der Waals surface area (Å²) in [4.78, 5) is 15.6. The molecule has 0 aliphatic heterocycles. The topological polar surface area (TPSA) is 68.0 Å². The molecule has 0 saturated carbocycles. The number of hydrogen-bond acceptors (Lipinski definition) is 3. The smallest absolute Gasteiger partial charge is 0.256 e. The SMILES string of the molecule is Cc1ccc(N)cc1C(=O)Nc1ccncc1F. The Bertz CT molecular complexity index is 599. The molecule has 18 heavy (non-hydrogen) atoms. The molecule has 3 N–H and O–H groups in total. The Balaban J connectivity index is 2.28. The highest BCUT2D eigenvalue weighted by Gasteiger charge is 2.11. The van der Waals surface area contributed by atoms with Crippen molar-refractivity contribution in [3.05, 3.63) is 53.6 Å². The summed E-state index contributed by atoms with van der Waals surface area (Å²) in [5, 5.41) is 2.49. The van der Waals surface area contributed by atoms with Crippen LogP contribution in [-0.2, 0) is 0 Å². The molecule has 4 nitrogen and oxygen atoms in total. The van der Waals surface area contributed by atoms with Crippen LogP contribution in [0.1, 0.15) is 15.9 Å². The number of pyridine rings is 1. The number of nitrogens with one attached hydrogen (secondary N) is 1. The van der Waals surface area contributed by atoms with E-state index < -0.39 is 11.7 Å². The molecule has 0 bridgehead atoms. The first-order chi connectivity index (χ1) is 8.58. The second-order valence-electron chi connectivity index (χ2n) is 3.88. The van der Waals surface area contributed by atoms with Crippen molar-refractivity contribution in [3.8, 4) is 0 Å². The quantitative estimate of drug-likeness (QED) is 0.798. The monoisotopic (exact) mass is 245 g/mol. The summed E-state index contributed by atoms with van der Waals surface area (Å²) in [6.07, 6.45) is 2.45. The molecule has 0 aliphatic rings. The van der Waals surface area contributed by atoms with Crippen molar-refractivity contribution in [2.75, 3.05) is 11.1 Å². The Morgan fingerprint density at radius 2 is 2.17 bits per heavy atom. The fourth-order valence-corrected chi connectivity index (χ4v) is 1.55. The fourth-order valence-electron chi connectivity index (χ4n) is 1.55. The maximum Gasteiger partial charge on any atom is 0.256 e. The summed E-state index contributed by atoms with van der Waals surface area (Å²) in [7, 11) is 0. The predicted octanol–water partition coefficient (Wildman–Crippen LogP) is 2.36. The Hall–Kier alpha value is -2.43. The number of carbonyl (C=O) groups is 1. The molecule has 0 unspecified atom stereocenters. The molecule has 1 aromatic heterocycles. The Kier molecular flexibility index (Phi) is 3.23. The molecule has 92 valence electrons. The highest BCUT2D eigenvalue weighted by atomic mass is 19.1. The van der Waals surface area contributed by atoms with Crippen LogP contribution in [0.25, 0.3) is 0 Å². The largest absolute Gasteiger partial charge is 0.399 e. The molecule has 0 spiro atoms. The van der Waals surface area contributed by atoms with E-state index >= 15 is 0 Å². The number of hydrogen-bond donors (Lipinski definition) is 2. The van der Waals surface area contributed by atoms with Gasteiger partial charge in [0.2, 0.25) is 0 Å². The van der Waals surface area contributed by atoms with Gasteiger partial charge in [0.25, 0.3) is 5.91 Å². The van der Waals surface area contributed by atoms with E-state index in [0.29, 0.717) is 11.3 Å². The van der Waals surface area contributed by atoms with E-state index in [1.807, 2.05) is 0 Å². The van der Waals surface area contributed by atoms with Gasteiger partial charge in [0.1, 0.15) is 0 Å². The molecule has 2 rings (SSSR count). The van der Waals surface area contributed by atoms with Crippen LogP contribution in [0.3, 0.4) is 0 Å². The van der Waals surface area contributed by atoms with Crippen molar-refractivity contribution >= 4 is 17.3 Å². The number of nitrogens with two attached hydrogens (primary N) is 1. The lowest BCUT2D eigenvalue weighted by molar-refractivity contribution is 0.102. The summed E-state index contributed by atoms with van der Waals surface area (Å²) >= 11 is 0. The molecule has 1 amide bonds. The van der Waals surface area contributed by atoms with E-state index in [-0.39, 0.29) is 5.69 Å². The van der Waals surface area contributed by atoms with Gasteiger partial charge in [-0.15, -0.1) is 0 Å². The summed E-state index contributed by atoms with van der Waals surface area (Å²) in [5.41, 5.74) is 7.40. The van der Waals surface area contributed by atoms with Crippen molar-refractivity contribution < 1.29 is 9.18 Å². The lowest BCUT2D eigenvalue weighted by Crippen LogP contribution is -2.14. The van der Waals surface area contributed by atoms with Crippen molar-refractivity contribution in [3.63, 3.8) is 0 Å². The van der Waals surface area contributed by atoms with Crippen molar-refractivity contribution in [1.29, 1.82) is 0 Å². The Morgan fingerprint density at radius 1 is 1.39 bits per heavy atom. The predicted molar refractivity (Wildman–Crippen MR) is 67.7 cm³/mol. The van der Waals surface area contributed by atoms with Gasteiger partial charge in [0.05, 0.1) is 11.9 Å². The van der Waals surface area contributed by atoms with Gasteiger partial charge in [-0.3, -0.25) is 9.78 Å². The van der Waals surface area contributed by atoms with Crippen LogP contribution in [0.4, 0.5) is 15.8 Å². The molecule has 5 heteroatoms. The minimum Gasteiger partial charge on any atom is -0.399 e. The van der Waals surface area contributed by atoms with Gasteiger partial charge in [0, 0.05) is 17.4 Å². The van der Waals surface area contributed by atoms with Gasteiger partial charge >= 0.3 is 0 Å². The summed E-state index contributed by atoms with van der Waals surface area (Å²) in [5.74, 6) is -0.975. The van der Waals surface area contributed by atoms with Crippen LogP contribution in [0.2, 0.25) is 0 Å². The molecule has 0 saturated heterocycles. The fraction of sp³-hybridized carbons (Fsp3) is 0.0769. The molecular weight excluding hydrogens is 233 g/mol. The number of aromatic nitrogens is 1. The maximum absolute atomic E-state index is 13.3. The van der Waals surface area contributed by atoms with Crippen LogP contribution >= 0.6 is 0 Å². The highest BCUT2D eigenvalue weighted by molar-refractivity contribution is 6.05. The highest BCUT2D eigenvalue weighted by Crippen LogP contribution is 2.16. The lowest BCUT2D eigenvalue weighted by Gasteiger charge is -2.08. The molecule has 2 aromatic rings. The van der Waals surface area contributed by atoms with Gasteiger partial charge in [-0.25, -0.2) is 4.39 Å². The molecule has 1 heterocycles. The standard InChI is InChI=1S/C13H12FN3O/c1-8-2-3-9(15)6-10(8)13(18)17-12-4-5-16-7-11(12)14/h2-7H,15H2,1H3,(H,16,17,18). The minimum absolute atomic E-state index is 0.0943. The minimum atomic E-state index is -0.576.